The number of carbonyl (C=O) groups excluding carboxylic acids is 1. The van der Waals surface area contributed by atoms with Crippen molar-refractivity contribution in [3.63, 3.8) is 0 Å². The maximum Gasteiger partial charge on any atom is 0.274 e. The van der Waals surface area contributed by atoms with E-state index in [4.69, 9.17) is 9.47 Å². The van der Waals surface area contributed by atoms with E-state index in [0.717, 1.165) is 0 Å². The predicted molar refractivity (Wildman–Crippen MR) is 78.2 cm³/mol. The number of hydrogen-bond acceptors (Lipinski definition) is 5. The van der Waals surface area contributed by atoms with Crippen molar-refractivity contribution in [3.05, 3.63) is 52.4 Å². The molecule has 2 aromatic rings. The highest BCUT2D eigenvalue weighted by Crippen LogP contribution is 2.30. The van der Waals surface area contributed by atoms with E-state index in [1.807, 2.05) is 24.3 Å². The molecule has 1 N–H and O–H groups in total. The predicted octanol–water partition coefficient (Wildman–Crippen LogP) is 0.682. The second-order valence-electron chi connectivity index (χ2n) is 4.99. The molecule has 7 nitrogen and oxygen atoms in total. The minimum Gasteiger partial charge on any atom is -0.486 e. The van der Waals surface area contributed by atoms with Gasteiger partial charge in [-0.25, -0.2) is 5.10 Å². The Kier molecular flexibility index (Phi) is 3.78. The number of aromatic nitrogens is 2. The van der Waals surface area contributed by atoms with Crippen LogP contribution >= 0.6 is 0 Å². The lowest BCUT2D eigenvalue weighted by molar-refractivity contribution is 0.0516. The Morgan fingerprint density at radius 3 is 2.82 bits per heavy atom. The molecule has 0 spiro atoms. The molecule has 3 rings (SSSR count). The molecule has 1 aromatic heterocycles. The summed E-state index contributed by atoms with van der Waals surface area (Å²) in [5.74, 6) is 1.08. The zero-order valence-electron chi connectivity index (χ0n) is 12.0. The lowest BCUT2D eigenvalue weighted by Gasteiger charge is -2.29. The van der Waals surface area contributed by atoms with Crippen molar-refractivity contribution in [3.8, 4) is 11.5 Å². The zero-order valence-corrected chi connectivity index (χ0v) is 12.0. The summed E-state index contributed by atoms with van der Waals surface area (Å²) in [6.07, 6.45) is -0.258. The second-order valence-corrected chi connectivity index (χ2v) is 4.99. The molecular weight excluding hydrogens is 286 g/mol. The Morgan fingerprint density at radius 1 is 1.32 bits per heavy atom. The molecule has 22 heavy (non-hydrogen) atoms. The normalized spacial score (nSPS) is 16.1. The van der Waals surface area contributed by atoms with Crippen molar-refractivity contribution < 1.29 is 14.3 Å². The smallest absolute Gasteiger partial charge is 0.274 e. The van der Waals surface area contributed by atoms with Crippen LogP contribution in [0.5, 0.6) is 11.5 Å². The second kappa shape index (κ2) is 5.88. The number of benzene rings is 1. The molecule has 0 radical (unpaired) electrons. The first-order chi connectivity index (χ1) is 10.6. The zero-order chi connectivity index (χ0) is 15.5. The van der Waals surface area contributed by atoms with Crippen LogP contribution in [0.3, 0.4) is 0 Å². The quantitative estimate of drug-likeness (QED) is 0.901. The summed E-state index contributed by atoms with van der Waals surface area (Å²) in [6, 6.07) is 10.1. The standard InChI is InChI=1S/C15H15N3O4/c1-18(15(20)11-6-7-14(19)17-16-11)8-10-9-21-12-4-2-3-5-13(12)22-10/h2-7,10H,8-9H2,1H3,(H,17,19)/t10-/m1/s1. The van der Waals surface area contributed by atoms with Gasteiger partial charge in [-0.3, -0.25) is 9.59 Å². The van der Waals surface area contributed by atoms with Gasteiger partial charge in [-0.15, -0.1) is 0 Å². The number of nitrogens with one attached hydrogen (secondary N) is 1. The van der Waals surface area contributed by atoms with E-state index in [1.54, 1.807) is 7.05 Å². The van der Waals surface area contributed by atoms with Gasteiger partial charge in [-0.1, -0.05) is 12.1 Å². The van der Waals surface area contributed by atoms with Crippen LogP contribution in [0, 0.1) is 0 Å². The Bertz CT molecular complexity index is 723. The third-order valence-electron chi connectivity index (χ3n) is 3.29. The molecule has 7 heteroatoms. The molecule has 1 aliphatic heterocycles. The molecule has 1 amide bonds. The lowest BCUT2D eigenvalue weighted by atomic mass is 10.2. The molecule has 1 aliphatic rings. The van der Waals surface area contributed by atoms with E-state index in [9.17, 15) is 9.59 Å². The molecule has 0 unspecified atom stereocenters. The highest BCUT2D eigenvalue weighted by Gasteiger charge is 2.24. The van der Waals surface area contributed by atoms with Gasteiger partial charge >= 0.3 is 0 Å². The molecule has 0 aliphatic carbocycles. The van der Waals surface area contributed by atoms with Gasteiger partial charge in [0.2, 0.25) is 0 Å². The molecule has 114 valence electrons. The topological polar surface area (TPSA) is 84.5 Å². The van der Waals surface area contributed by atoms with Crippen LogP contribution in [0.25, 0.3) is 0 Å². The Morgan fingerprint density at radius 2 is 2.09 bits per heavy atom. The maximum absolute atomic E-state index is 12.2. The number of para-hydroxylation sites is 2. The van der Waals surface area contributed by atoms with Crippen LogP contribution in [-0.4, -0.2) is 47.3 Å². The number of aromatic amines is 1. The summed E-state index contributed by atoms with van der Waals surface area (Å²) in [5.41, 5.74) is -0.168. The van der Waals surface area contributed by atoms with Crippen LogP contribution in [0.2, 0.25) is 0 Å². The molecular formula is C15H15N3O4. The maximum atomic E-state index is 12.2. The fourth-order valence-electron chi connectivity index (χ4n) is 2.20. The van der Waals surface area contributed by atoms with Crippen LogP contribution in [0.4, 0.5) is 0 Å². The first kappa shape index (κ1) is 14.1. The van der Waals surface area contributed by atoms with E-state index in [-0.39, 0.29) is 23.3 Å². The van der Waals surface area contributed by atoms with E-state index >= 15 is 0 Å². The summed E-state index contributed by atoms with van der Waals surface area (Å²) >= 11 is 0. The first-order valence-corrected chi connectivity index (χ1v) is 6.83. The minimum absolute atomic E-state index is 0.180. The number of H-pyrrole nitrogens is 1. The summed E-state index contributed by atoms with van der Waals surface area (Å²) in [6.45, 7) is 0.724. The number of ether oxygens (including phenoxy) is 2. The number of nitrogens with zero attached hydrogens (tertiary/aromatic N) is 2. The highest BCUT2D eigenvalue weighted by atomic mass is 16.6. The Hall–Kier alpha value is -2.83. The summed E-state index contributed by atoms with van der Waals surface area (Å²) in [7, 11) is 1.65. The van der Waals surface area contributed by atoms with E-state index in [2.05, 4.69) is 10.2 Å². The lowest BCUT2D eigenvalue weighted by Crippen LogP contribution is -2.42. The highest BCUT2D eigenvalue weighted by molar-refractivity contribution is 5.91. The van der Waals surface area contributed by atoms with Gasteiger partial charge in [-0.2, -0.15) is 5.10 Å². The van der Waals surface area contributed by atoms with E-state index in [0.29, 0.717) is 24.7 Å². The van der Waals surface area contributed by atoms with Crippen molar-refractivity contribution in [2.45, 2.75) is 6.10 Å². The van der Waals surface area contributed by atoms with Gasteiger partial charge in [0, 0.05) is 13.1 Å². The van der Waals surface area contributed by atoms with Crippen molar-refractivity contribution in [2.24, 2.45) is 0 Å². The van der Waals surface area contributed by atoms with Crippen molar-refractivity contribution >= 4 is 5.91 Å². The van der Waals surface area contributed by atoms with E-state index in [1.165, 1.54) is 17.0 Å². The van der Waals surface area contributed by atoms with Crippen LogP contribution in [0.1, 0.15) is 10.5 Å². The SMILES string of the molecule is CN(C[C@@H]1COc2ccccc2O1)C(=O)c1ccc(=O)[nH]n1. The fourth-order valence-corrected chi connectivity index (χ4v) is 2.20. The van der Waals surface area contributed by atoms with Crippen LogP contribution < -0.4 is 15.0 Å². The number of amides is 1. The third kappa shape index (κ3) is 2.93. The van der Waals surface area contributed by atoms with Crippen molar-refractivity contribution in [2.75, 3.05) is 20.2 Å². The largest absolute Gasteiger partial charge is 0.486 e. The first-order valence-electron chi connectivity index (χ1n) is 6.83. The van der Waals surface area contributed by atoms with Gasteiger partial charge < -0.3 is 14.4 Å². The number of hydrogen-bond donors (Lipinski definition) is 1. The monoisotopic (exact) mass is 301 g/mol. The molecule has 0 saturated heterocycles. The Balaban J connectivity index is 1.65. The third-order valence-corrected chi connectivity index (χ3v) is 3.29. The fraction of sp³-hybridized carbons (Fsp3) is 0.267. The molecule has 0 fully saturated rings. The molecule has 0 bridgehead atoms. The van der Waals surface area contributed by atoms with Gasteiger partial charge in [-0.05, 0) is 18.2 Å². The Labute approximate surface area is 126 Å². The average Bonchev–Trinajstić information content (AvgIpc) is 2.55. The van der Waals surface area contributed by atoms with Gasteiger partial charge in [0.1, 0.15) is 12.3 Å². The molecule has 2 heterocycles. The number of likely N-dealkylation sites (N-methyl/N-ethyl adjacent to an activating group) is 1. The molecule has 0 saturated carbocycles. The van der Waals surface area contributed by atoms with E-state index < -0.39 is 0 Å². The summed E-state index contributed by atoms with van der Waals surface area (Å²) in [4.78, 5) is 24.7. The van der Waals surface area contributed by atoms with Gasteiger partial charge in [0.15, 0.2) is 17.6 Å². The van der Waals surface area contributed by atoms with Gasteiger partial charge in [0.25, 0.3) is 11.5 Å². The van der Waals surface area contributed by atoms with Gasteiger partial charge in [0.05, 0.1) is 6.54 Å². The summed E-state index contributed by atoms with van der Waals surface area (Å²) in [5, 5.41) is 5.97. The summed E-state index contributed by atoms with van der Waals surface area (Å²) < 4.78 is 11.4. The number of fused-ring (bicyclic) bond motifs is 1. The van der Waals surface area contributed by atoms with Crippen LogP contribution in [-0.2, 0) is 0 Å². The number of carbonyl (C=O) groups is 1. The molecule has 1 aromatic carbocycles. The number of rotatable bonds is 3. The minimum atomic E-state index is -0.347. The average molecular weight is 301 g/mol. The van der Waals surface area contributed by atoms with Crippen molar-refractivity contribution in [1.29, 1.82) is 0 Å². The van der Waals surface area contributed by atoms with Crippen LogP contribution in [0.15, 0.2) is 41.2 Å². The van der Waals surface area contributed by atoms with Crippen molar-refractivity contribution in [1.82, 2.24) is 15.1 Å². The molecule has 1 atom stereocenters.